The van der Waals surface area contributed by atoms with Crippen molar-refractivity contribution in [3.8, 4) is 0 Å². The summed E-state index contributed by atoms with van der Waals surface area (Å²) in [5.74, 6) is -0.351. The van der Waals surface area contributed by atoms with Gasteiger partial charge in [0, 0.05) is 4.47 Å². The molecule has 2 rings (SSSR count). The number of amides is 1. The molecule has 94 valence electrons. The monoisotopic (exact) mass is 411 g/mol. The highest BCUT2D eigenvalue weighted by Gasteiger charge is 2.16. The van der Waals surface area contributed by atoms with Crippen molar-refractivity contribution in [2.75, 3.05) is 5.32 Å². The molecule has 0 saturated heterocycles. The van der Waals surface area contributed by atoms with Gasteiger partial charge in [-0.3, -0.25) is 20.2 Å². The van der Waals surface area contributed by atoms with E-state index in [0.29, 0.717) is 4.88 Å². The van der Waals surface area contributed by atoms with E-state index >= 15 is 0 Å². The molecule has 0 atom stereocenters. The number of aromatic nitrogens is 1. The highest BCUT2D eigenvalue weighted by molar-refractivity contribution is 9.13. The molecule has 0 aliphatic carbocycles. The van der Waals surface area contributed by atoms with Crippen molar-refractivity contribution in [2.24, 2.45) is 0 Å². The first kappa shape index (κ1) is 13.6. The first-order valence-corrected chi connectivity index (χ1v) is 7.55. The molecule has 1 amide bonds. The van der Waals surface area contributed by atoms with Crippen molar-refractivity contribution in [3.05, 3.63) is 35.5 Å². The van der Waals surface area contributed by atoms with E-state index in [-0.39, 0.29) is 16.0 Å². The number of hydrogen-bond donors (Lipinski definition) is 1. The number of thiophene rings is 1. The van der Waals surface area contributed by atoms with Crippen molar-refractivity contribution in [1.29, 1.82) is 0 Å². The summed E-state index contributed by atoms with van der Waals surface area (Å²) in [7, 11) is 0. The van der Waals surface area contributed by atoms with Crippen LogP contribution in [0.5, 0.6) is 0 Å². The number of carbonyl (C=O) groups is 1. The Morgan fingerprint density at radius 1 is 1.44 bits per heavy atom. The number of hydrogen-bond acceptors (Lipinski definition) is 6. The summed E-state index contributed by atoms with van der Waals surface area (Å²) in [6.07, 6.45) is 1.11. The fraction of sp³-hybridized carbons (Fsp3) is 0. The van der Waals surface area contributed by atoms with Crippen LogP contribution in [0.3, 0.4) is 0 Å². The second-order valence-electron chi connectivity index (χ2n) is 2.95. The van der Waals surface area contributed by atoms with Crippen LogP contribution in [0.25, 0.3) is 0 Å². The predicted molar refractivity (Wildman–Crippen MR) is 76.4 cm³/mol. The van der Waals surface area contributed by atoms with Gasteiger partial charge in [0.25, 0.3) is 5.91 Å². The molecule has 10 heteroatoms. The van der Waals surface area contributed by atoms with Crippen LogP contribution in [0.1, 0.15) is 9.67 Å². The molecule has 0 aliphatic heterocycles. The average Bonchev–Trinajstić information content (AvgIpc) is 2.87. The van der Waals surface area contributed by atoms with Gasteiger partial charge in [-0.25, -0.2) is 4.98 Å². The molecule has 0 radical (unpaired) electrons. The second kappa shape index (κ2) is 5.43. The lowest BCUT2D eigenvalue weighted by Gasteiger charge is -1.96. The van der Waals surface area contributed by atoms with E-state index in [1.165, 1.54) is 11.3 Å². The lowest BCUT2D eigenvalue weighted by atomic mass is 10.4. The molecule has 0 fully saturated rings. The molecule has 0 saturated carbocycles. The van der Waals surface area contributed by atoms with Crippen LogP contribution in [0.2, 0.25) is 0 Å². The van der Waals surface area contributed by atoms with Crippen molar-refractivity contribution >= 4 is 70.6 Å². The SMILES string of the molecule is O=C(Nc1ncc([N+](=O)[O-])s1)c1cc(Br)c(Br)s1. The van der Waals surface area contributed by atoms with Gasteiger partial charge in [0.05, 0.1) is 13.6 Å². The number of halogens is 2. The Morgan fingerprint density at radius 2 is 2.17 bits per heavy atom. The van der Waals surface area contributed by atoms with Crippen LogP contribution in [0, 0.1) is 10.1 Å². The van der Waals surface area contributed by atoms with Crippen molar-refractivity contribution in [1.82, 2.24) is 4.98 Å². The summed E-state index contributed by atoms with van der Waals surface area (Å²) in [4.78, 5) is 26.0. The minimum Gasteiger partial charge on any atom is -0.297 e. The van der Waals surface area contributed by atoms with Gasteiger partial charge in [-0.2, -0.15) is 0 Å². The van der Waals surface area contributed by atoms with E-state index in [0.717, 1.165) is 25.8 Å². The van der Waals surface area contributed by atoms with E-state index in [9.17, 15) is 14.9 Å². The van der Waals surface area contributed by atoms with Gasteiger partial charge >= 0.3 is 5.00 Å². The van der Waals surface area contributed by atoms with Crippen LogP contribution in [0.4, 0.5) is 10.1 Å². The number of nitrogens with zero attached hydrogens (tertiary/aromatic N) is 2. The highest BCUT2D eigenvalue weighted by atomic mass is 79.9. The van der Waals surface area contributed by atoms with E-state index in [1.807, 2.05) is 0 Å². The van der Waals surface area contributed by atoms with Crippen LogP contribution in [0.15, 0.2) is 20.5 Å². The van der Waals surface area contributed by atoms with Crippen LogP contribution in [-0.4, -0.2) is 15.8 Å². The third-order valence-corrected chi connectivity index (χ3v) is 5.88. The summed E-state index contributed by atoms with van der Waals surface area (Å²) < 4.78 is 1.58. The molecular formula is C8H3Br2N3O3S2. The summed E-state index contributed by atoms with van der Waals surface area (Å²) in [6, 6.07) is 1.66. The standard InChI is InChI=1S/C8H3Br2N3O3S2/c9-3-1-4(17-6(3)10)7(14)12-8-11-2-5(18-8)13(15)16/h1-2H,(H,11,12,14). The summed E-state index contributed by atoms with van der Waals surface area (Å²) >= 11 is 8.63. The summed E-state index contributed by atoms with van der Waals surface area (Å²) in [5.41, 5.74) is 0. The Kier molecular flexibility index (Phi) is 4.10. The van der Waals surface area contributed by atoms with Gasteiger partial charge in [-0.15, -0.1) is 11.3 Å². The largest absolute Gasteiger partial charge is 0.345 e. The van der Waals surface area contributed by atoms with Crippen LogP contribution in [-0.2, 0) is 0 Å². The molecule has 0 unspecified atom stereocenters. The number of carbonyl (C=O) groups excluding carboxylic acids is 1. The smallest absolute Gasteiger partial charge is 0.297 e. The van der Waals surface area contributed by atoms with Crippen molar-refractivity contribution < 1.29 is 9.72 Å². The predicted octanol–water partition coefficient (Wildman–Crippen LogP) is 3.89. The maximum absolute atomic E-state index is 11.8. The second-order valence-corrected chi connectivity index (χ2v) is 7.18. The topological polar surface area (TPSA) is 85.1 Å². The molecular weight excluding hydrogens is 410 g/mol. The zero-order valence-corrected chi connectivity index (χ0v) is 13.2. The molecule has 0 aliphatic rings. The van der Waals surface area contributed by atoms with Gasteiger partial charge in [0.2, 0.25) is 0 Å². The molecule has 6 nitrogen and oxygen atoms in total. The molecule has 1 N–H and O–H groups in total. The first-order chi connectivity index (χ1) is 8.47. The van der Waals surface area contributed by atoms with E-state index in [2.05, 4.69) is 42.2 Å². The Hall–Kier alpha value is -0.840. The number of thiazole rings is 1. The average molecular weight is 413 g/mol. The third-order valence-electron chi connectivity index (χ3n) is 1.76. The zero-order chi connectivity index (χ0) is 13.3. The maximum Gasteiger partial charge on any atom is 0.345 e. The number of rotatable bonds is 3. The quantitative estimate of drug-likeness (QED) is 0.612. The molecule has 18 heavy (non-hydrogen) atoms. The zero-order valence-electron chi connectivity index (χ0n) is 8.35. The van der Waals surface area contributed by atoms with Gasteiger partial charge < -0.3 is 0 Å². The van der Waals surface area contributed by atoms with Gasteiger partial charge in [0.1, 0.15) is 6.20 Å². The fourth-order valence-electron chi connectivity index (χ4n) is 1.03. The van der Waals surface area contributed by atoms with Gasteiger partial charge in [-0.1, -0.05) is 0 Å². The van der Waals surface area contributed by atoms with Crippen LogP contribution < -0.4 is 5.32 Å². The Bertz CT molecular complexity index is 605. The summed E-state index contributed by atoms with van der Waals surface area (Å²) in [5, 5.41) is 13.1. The molecule has 0 spiro atoms. The molecule has 0 aromatic carbocycles. The molecule has 2 aromatic rings. The third kappa shape index (κ3) is 2.94. The number of nitrogens with one attached hydrogen (secondary N) is 1. The Labute approximate surface area is 125 Å². The van der Waals surface area contributed by atoms with Crippen LogP contribution >= 0.6 is 54.5 Å². The lowest BCUT2D eigenvalue weighted by molar-refractivity contribution is -0.380. The van der Waals surface area contributed by atoms with E-state index < -0.39 is 4.92 Å². The number of anilines is 1. The first-order valence-electron chi connectivity index (χ1n) is 4.34. The van der Waals surface area contributed by atoms with E-state index in [1.54, 1.807) is 6.07 Å². The Balaban J connectivity index is 2.13. The van der Waals surface area contributed by atoms with Gasteiger partial charge in [0.15, 0.2) is 5.13 Å². The van der Waals surface area contributed by atoms with Crippen molar-refractivity contribution in [3.63, 3.8) is 0 Å². The van der Waals surface area contributed by atoms with Crippen molar-refractivity contribution in [2.45, 2.75) is 0 Å². The molecule has 2 aromatic heterocycles. The van der Waals surface area contributed by atoms with Gasteiger partial charge in [-0.05, 0) is 49.3 Å². The normalized spacial score (nSPS) is 10.3. The summed E-state index contributed by atoms with van der Waals surface area (Å²) in [6.45, 7) is 0. The number of nitro groups is 1. The maximum atomic E-state index is 11.8. The molecule has 2 heterocycles. The molecule has 0 bridgehead atoms. The van der Waals surface area contributed by atoms with E-state index in [4.69, 9.17) is 0 Å². The fourth-order valence-corrected chi connectivity index (χ4v) is 3.58. The minimum absolute atomic E-state index is 0.112. The lowest BCUT2D eigenvalue weighted by Crippen LogP contribution is -2.09. The highest BCUT2D eigenvalue weighted by Crippen LogP contribution is 2.33. The minimum atomic E-state index is -0.550. The Morgan fingerprint density at radius 3 is 2.67 bits per heavy atom.